The molecule has 0 heterocycles. The van der Waals surface area contributed by atoms with Crippen LogP contribution >= 0.6 is 0 Å². The first-order chi connectivity index (χ1) is 13.0. The van der Waals surface area contributed by atoms with Gasteiger partial charge in [-0.25, -0.2) is 0 Å². The summed E-state index contributed by atoms with van der Waals surface area (Å²) >= 11 is 0. The zero-order chi connectivity index (χ0) is 19.2. The van der Waals surface area contributed by atoms with Crippen molar-refractivity contribution in [2.24, 2.45) is 11.8 Å². The predicted octanol–water partition coefficient (Wildman–Crippen LogP) is 4.66. The van der Waals surface area contributed by atoms with Gasteiger partial charge in [0.15, 0.2) is 0 Å². The van der Waals surface area contributed by atoms with Crippen molar-refractivity contribution in [3.05, 3.63) is 60.2 Å². The lowest BCUT2D eigenvalue weighted by atomic mass is 9.81. The van der Waals surface area contributed by atoms with Gasteiger partial charge in [-0.05, 0) is 43.9 Å². The highest BCUT2D eigenvalue weighted by atomic mass is 16.5. The molecule has 5 nitrogen and oxygen atoms in total. The molecule has 0 spiro atoms. The number of carboxylic acids is 1. The van der Waals surface area contributed by atoms with Crippen molar-refractivity contribution in [1.82, 2.24) is 0 Å². The minimum atomic E-state index is -0.812. The third-order valence-electron chi connectivity index (χ3n) is 5.11. The van der Waals surface area contributed by atoms with E-state index in [0.29, 0.717) is 24.3 Å². The third kappa shape index (κ3) is 4.88. The van der Waals surface area contributed by atoms with Gasteiger partial charge in [0.2, 0.25) is 5.91 Å². The molecule has 0 radical (unpaired) electrons. The van der Waals surface area contributed by atoms with Gasteiger partial charge in [-0.3, -0.25) is 9.59 Å². The molecule has 1 saturated carbocycles. The first-order valence-corrected chi connectivity index (χ1v) is 9.39. The van der Waals surface area contributed by atoms with Gasteiger partial charge in [0.1, 0.15) is 11.9 Å². The van der Waals surface area contributed by atoms with Crippen molar-refractivity contribution in [1.29, 1.82) is 0 Å². The fourth-order valence-corrected chi connectivity index (χ4v) is 3.54. The van der Waals surface area contributed by atoms with Crippen LogP contribution in [0.4, 0.5) is 5.69 Å². The first kappa shape index (κ1) is 19.0. The number of benzene rings is 2. The summed E-state index contributed by atoms with van der Waals surface area (Å²) in [6, 6.07) is 17.2. The maximum atomic E-state index is 12.7. The lowest BCUT2D eigenvalue weighted by Crippen LogP contribution is -2.31. The number of hydrogen-bond donors (Lipinski definition) is 2. The fraction of sp³-hybridized carbons (Fsp3) is 0.364. The van der Waals surface area contributed by atoms with Gasteiger partial charge in [-0.1, -0.05) is 48.9 Å². The van der Waals surface area contributed by atoms with Crippen LogP contribution < -0.4 is 10.1 Å². The number of para-hydroxylation sites is 2. The maximum Gasteiger partial charge on any atom is 0.306 e. The smallest absolute Gasteiger partial charge is 0.306 e. The molecule has 1 fully saturated rings. The van der Waals surface area contributed by atoms with Crippen molar-refractivity contribution in [3.8, 4) is 5.75 Å². The Bertz CT molecular complexity index is 790. The molecule has 0 aromatic heterocycles. The Labute approximate surface area is 159 Å². The summed E-state index contributed by atoms with van der Waals surface area (Å²) in [6.07, 6.45) is 2.37. The average Bonchev–Trinajstić information content (AvgIpc) is 2.70. The molecular weight excluding hydrogens is 342 g/mol. The molecule has 2 aromatic carbocycles. The Balaban J connectivity index is 1.68. The zero-order valence-corrected chi connectivity index (χ0v) is 15.4. The summed E-state index contributed by atoms with van der Waals surface area (Å²) in [5.41, 5.74) is 1.66. The Morgan fingerprint density at radius 1 is 1.04 bits per heavy atom. The summed E-state index contributed by atoms with van der Waals surface area (Å²) in [6.45, 7) is 1.96. The molecule has 2 N–H and O–H groups in total. The quantitative estimate of drug-likeness (QED) is 0.779. The molecule has 27 heavy (non-hydrogen) atoms. The molecule has 1 amide bonds. The van der Waals surface area contributed by atoms with Crippen molar-refractivity contribution in [3.63, 3.8) is 0 Å². The van der Waals surface area contributed by atoms with Gasteiger partial charge >= 0.3 is 5.97 Å². The minimum Gasteiger partial charge on any atom is -0.484 e. The minimum absolute atomic E-state index is 0.135. The van der Waals surface area contributed by atoms with Crippen LogP contribution in [0.3, 0.4) is 0 Å². The van der Waals surface area contributed by atoms with Gasteiger partial charge in [-0.2, -0.15) is 0 Å². The number of rotatable bonds is 6. The SMILES string of the molecule is CC(Oc1ccccc1NC(=O)C1CCCC(C(=O)O)C1)c1ccccc1. The van der Waals surface area contributed by atoms with Crippen LogP contribution in [0.25, 0.3) is 0 Å². The lowest BCUT2D eigenvalue weighted by Gasteiger charge is -2.26. The molecular formula is C22H25NO4. The summed E-state index contributed by atoms with van der Waals surface area (Å²) in [5, 5.41) is 12.2. The number of ether oxygens (including phenoxy) is 1. The monoisotopic (exact) mass is 367 g/mol. The Hall–Kier alpha value is -2.82. The van der Waals surface area contributed by atoms with Crippen LogP contribution in [0, 0.1) is 11.8 Å². The Morgan fingerprint density at radius 3 is 2.44 bits per heavy atom. The van der Waals surface area contributed by atoms with E-state index in [0.717, 1.165) is 18.4 Å². The molecule has 1 aliphatic carbocycles. The standard InChI is InChI=1S/C22H25NO4/c1-15(16-8-3-2-4-9-16)27-20-13-6-5-12-19(20)23-21(24)17-10-7-11-18(14-17)22(25)26/h2-6,8-9,12-13,15,17-18H,7,10-11,14H2,1H3,(H,23,24)(H,25,26). The number of carboxylic acid groups (broad SMARTS) is 1. The number of carbonyl (C=O) groups is 2. The molecule has 142 valence electrons. The molecule has 3 unspecified atom stereocenters. The second-order valence-electron chi connectivity index (χ2n) is 7.05. The third-order valence-corrected chi connectivity index (χ3v) is 5.11. The lowest BCUT2D eigenvalue weighted by molar-refractivity contribution is -0.143. The number of anilines is 1. The van der Waals surface area contributed by atoms with E-state index in [1.165, 1.54) is 0 Å². The van der Waals surface area contributed by atoms with Gasteiger partial charge in [-0.15, -0.1) is 0 Å². The molecule has 3 atom stereocenters. The average molecular weight is 367 g/mol. The summed E-state index contributed by atoms with van der Waals surface area (Å²) in [4.78, 5) is 23.9. The van der Waals surface area contributed by atoms with Gasteiger partial charge < -0.3 is 15.2 Å². The fourth-order valence-electron chi connectivity index (χ4n) is 3.54. The van der Waals surface area contributed by atoms with E-state index in [9.17, 15) is 14.7 Å². The van der Waals surface area contributed by atoms with E-state index in [2.05, 4.69) is 5.32 Å². The van der Waals surface area contributed by atoms with Crippen molar-refractivity contribution >= 4 is 17.6 Å². The summed E-state index contributed by atoms with van der Waals surface area (Å²) < 4.78 is 6.07. The topological polar surface area (TPSA) is 75.6 Å². The first-order valence-electron chi connectivity index (χ1n) is 9.39. The van der Waals surface area contributed by atoms with E-state index in [4.69, 9.17) is 4.74 Å². The number of aliphatic carboxylic acids is 1. The van der Waals surface area contributed by atoms with E-state index in [-0.39, 0.29) is 17.9 Å². The summed E-state index contributed by atoms with van der Waals surface area (Å²) in [5.74, 6) is -1.05. The number of carbonyl (C=O) groups excluding carboxylic acids is 1. The normalized spacial score (nSPS) is 20.5. The molecule has 3 rings (SSSR count). The Morgan fingerprint density at radius 2 is 1.70 bits per heavy atom. The van der Waals surface area contributed by atoms with E-state index in [1.807, 2.05) is 61.5 Å². The second-order valence-corrected chi connectivity index (χ2v) is 7.05. The van der Waals surface area contributed by atoms with Crippen LogP contribution in [0.1, 0.15) is 44.3 Å². The van der Waals surface area contributed by atoms with Gasteiger partial charge in [0.05, 0.1) is 11.6 Å². The van der Waals surface area contributed by atoms with E-state index in [1.54, 1.807) is 0 Å². The highest BCUT2D eigenvalue weighted by Gasteiger charge is 2.31. The zero-order valence-electron chi connectivity index (χ0n) is 15.4. The molecule has 0 bridgehead atoms. The molecule has 0 saturated heterocycles. The number of amides is 1. The van der Waals surface area contributed by atoms with Gasteiger partial charge in [0, 0.05) is 5.92 Å². The van der Waals surface area contributed by atoms with Crippen LogP contribution in [0.5, 0.6) is 5.75 Å². The van der Waals surface area contributed by atoms with E-state index >= 15 is 0 Å². The predicted molar refractivity (Wildman–Crippen MR) is 104 cm³/mol. The van der Waals surface area contributed by atoms with Crippen LogP contribution in [0.2, 0.25) is 0 Å². The molecule has 0 aliphatic heterocycles. The number of hydrogen-bond acceptors (Lipinski definition) is 3. The van der Waals surface area contributed by atoms with Crippen LogP contribution in [-0.2, 0) is 9.59 Å². The molecule has 1 aliphatic rings. The summed E-state index contributed by atoms with van der Waals surface area (Å²) in [7, 11) is 0. The van der Waals surface area contributed by atoms with Crippen molar-refractivity contribution < 1.29 is 19.4 Å². The molecule has 2 aromatic rings. The largest absolute Gasteiger partial charge is 0.484 e. The number of nitrogens with one attached hydrogen (secondary N) is 1. The van der Waals surface area contributed by atoms with Crippen molar-refractivity contribution in [2.75, 3.05) is 5.32 Å². The van der Waals surface area contributed by atoms with E-state index < -0.39 is 11.9 Å². The highest BCUT2D eigenvalue weighted by Crippen LogP contribution is 2.33. The van der Waals surface area contributed by atoms with Gasteiger partial charge in [0.25, 0.3) is 0 Å². The Kier molecular flexibility index (Phi) is 6.12. The highest BCUT2D eigenvalue weighted by molar-refractivity contribution is 5.94. The van der Waals surface area contributed by atoms with Crippen LogP contribution in [0.15, 0.2) is 54.6 Å². The van der Waals surface area contributed by atoms with Crippen LogP contribution in [-0.4, -0.2) is 17.0 Å². The second kappa shape index (κ2) is 8.71. The molecule has 5 heteroatoms. The maximum absolute atomic E-state index is 12.7. The van der Waals surface area contributed by atoms with Crippen molar-refractivity contribution in [2.45, 2.75) is 38.7 Å².